The number of rotatable bonds is 7. The zero-order valence-corrected chi connectivity index (χ0v) is 17.5. The number of anilines is 1. The van der Waals surface area contributed by atoms with Gasteiger partial charge in [-0.05, 0) is 31.2 Å². The van der Waals surface area contributed by atoms with Gasteiger partial charge in [-0.25, -0.2) is 13.2 Å². The number of aliphatic imine (C=N–C) groups is 1. The van der Waals surface area contributed by atoms with Gasteiger partial charge in [-0.3, -0.25) is 14.5 Å². The number of nitrogens with one attached hydrogen (secondary N) is 1. The number of carbonyl (C=O) groups is 2. The molecule has 31 heavy (non-hydrogen) atoms. The second kappa shape index (κ2) is 9.40. The van der Waals surface area contributed by atoms with Crippen LogP contribution in [-0.4, -0.2) is 45.3 Å². The number of amidine groups is 1. The van der Waals surface area contributed by atoms with Crippen molar-refractivity contribution < 1.29 is 22.7 Å². The average molecular weight is 440 g/mol. The fourth-order valence-corrected chi connectivity index (χ4v) is 4.21. The van der Waals surface area contributed by atoms with Gasteiger partial charge < -0.3 is 9.64 Å². The van der Waals surface area contributed by atoms with Crippen molar-refractivity contribution in [1.82, 2.24) is 4.72 Å². The Morgan fingerprint density at radius 3 is 2.55 bits per heavy atom. The van der Waals surface area contributed by atoms with Crippen molar-refractivity contribution in [3.05, 3.63) is 60.2 Å². The summed E-state index contributed by atoms with van der Waals surface area (Å²) in [6, 6.07) is 16.0. The van der Waals surface area contributed by atoms with E-state index >= 15 is 0 Å². The van der Waals surface area contributed by atoms with Crippen LogP contribution in [0.5, 0.6) is 0 Å². The van der Waals surface area contributed by atoms with Crippen LogP contribution in [0.4, 0.5) is 5.69 Å². The Morgan fingerprint density at radius 1 is 1.16 bits per heavy atom. The monoisotopic (exact) mass is 440 g/mol. The van der Waals surface area contributed by atoms with Crippen LogP contribution >= 0.6 is 0 Å². The average Bonchev–Trinajstić information content (AvgIpc) is 3.03. The third-order valence-electron chi connectivity index (χ3n) is 4.48. The summed E-state index contributed by atoms with van der Waals surface area (Å²) in [6.45, 7) is 1.07. The van der Waals surface area contributed by atoms with E-state index in [0.29, 0.717) is 11.3 Å². The Labute approximate surface area is 180 Å². The number of hydrogen-bond acceptors (Lipinski definition) is 7. The molecule has 1 aliphatic heterocycles. The molecule has 0 bridgehead atoms. The number of para-hydroxylation sites is 1. The molecule has 0 saturated heterocycles. The quantitative estimate of drug-likeness (QED) is 0.651. The van der Waals surface area contributed by atoms with Crippen molar-refractivity contribution in [2.45, 2.75) is 24.3 Å². The zero-order chi connectivity index (χ0) is 22.4. The molecule has 10 heteroatoms. The molecule has 9 nitrogen and oxygen atoms in total. The van der Waals surface area contributed by atoms with Gasteiger partial charge in [-0.2, -0.15) is 5.26 Å². The van der Waals surface area contributed by atoms with Crippen molar-refractivity contribution in [1.29, 1.82) is 5.26 Å². The lowest BCUT2D eigenvalue weighted by molar-refractivity contribution is -0.148. The van der Waals surface area contributed by atoms with E-state index < -0.39 is 34.5 Å². The molecule has 1 N–H and O–H groups in total. The van der Waals surface area contributed by atoms with Gasteiger partial charge in [0.25, 0.3) is 15.9 Å². The number of sulfonamides is 1. The van der Waals surface area contributed by atoms with Crippen molar-refractivity contribution in [2.75, 3.05) is 18.1 Å². The molecule has 0 fully saturated rings. The first-order valence-corrected chi connectivity index (χ1v) is 10.9. The van der Waals surface area contributed by atoms with Crippen molar-refractivity contribution >= 4 is 33.4 Å². The molecule has 3 rings (SSSR count). The largest absolute Gasteiger partial charge is 0.454 e. The van der Waals surface area contributed by atoms with Gasteiger partial charge in [0, 0.05) is 17.8 Å². The number of hydrogen-bond donors (Lipinski definition) is 1. The molecule has 0 saturated carbocycles. The molecular weight excluding hydrogens is 420 g/mol. The molecule has 2 aromatic rings. The molecule has 0 aliphatic carbocycles. The molecule has 1 aliphatic rings. The van der Waals surface area contributed by atoms with Gasteiger partial charge in [0.2, 0.25) is 0 Å². The Morgan fingerprint density at radius 2 is 1.84 bits per heavy atom. The number of esters is 1. The Hall–Kier alpha value is -3.71. The van der Waals surface area contributed by atoms with E-state index in [4.69, 9.17) is 10.00 Å². The first-order chi connectivity index (χ1) is 14.8. The highest BCUT2D eigenvalue weighted by Gasteiger charge is 2.31. The molecule has 2 aromatic carbocycles. The number of nitrogens with zero attached hydrogens (tertiary/aromatic N) is 3. The van der Waals surface area contributed by atoms with Gasteiger partial charge in [-0.15, -0.1) is 0 Å². The summed E-state index contributed by atoms with van der Waals surface area (Å²) in [4.78, 5) is 30.5. The Balaban J connectivity index is 1.67. The van der Waals surface area contributed by atoms with E-state index in [2.05, 4.69) is 9.71 Å². The third kappa shape index (κ3) is 5.07. The van der Waals surface area contributed by atoms with E-state index in [1.54, 1.807) is 48.5 Å². The summed E-state index contributed by atoms with van der Waals surface area (Å²) in [6.07, 6.45) is 0.123. The third-order valence-corrected chi connectivity index (χ3v) is 5.88. The summed E-state index contributed by atoms with van der Waals surface area (Å²) in [5, 5.41) is 8.84. The molecule has 1 atom stereocenters. The summed E-state index contributed by atoms with van der Waals surface area (Å²) in [5.41, 5.74) is 0.953. The number of fused-ring (bicyclic) bond motifs is 1. The van der Waals surface area contributed by atoms with Gasteiger partial charge in [0.05, 0.1) is 17.4 Å². The number of nitriles is 1. The highest BCUT2D eigenvalue weighted by molar-refractivity contribution is 7.90. The molecule has 0 unspecified atom stereocenters. The van der Waals surface area contributed by atoms with E-state index in [1.807, 2.05) is 6.07 Å². The van der Waals surface area contributed by atoms with E-state index in [9.17, 15) is 18.0 Å². The second-order valence-electron chi connectivity index (χ2n) is 6.65. The second-order valence-corrected chi connectivity index (χ2v) is 8.30. The summed E-state index contributed by atoms with van der Waals surface area (Å²) in [5.74, 6) is -1.22. The van der Waals surface area contributed by atoms with Crippen LogP contribution in [0.3, 0.4) is 0 Å². The molecular formula is C21H20N4O5S. The highest BCUT2D eigenvalue weighted by atomic mass is 32.2. The highest BCUT2D eigenvalue weighted by Crippen LogP contribution is 2.22. The minimum atomic E-state index is -3.72. The predicted molar refractivity (Wildman–Crippen MR) is 113 cm³/mol. The molecule has 1 heterocycles. The molecule has 0 radical (unpaired) electrons. The van der Waals surface area contributed by atoms with Crippen LogP contribution in [0.15, 0.2) is 64.5 Å². The van der Waals surface area contributed by atoms with Crippen molar-refractivity contribution in [3.8, 4) is 6.07 Å². The smallest absolute Gasteiger partial charge is 0.331 e. The number of amides is 1. The summed E-state index contributed by atoms with van der Waals surface area (Å²) >= 11 is 0. The van der Waals surface area contributed by atoms with Crippen LogP contribution in [0.1, 0.15) is 18.9 Å². The lowest BCUT2D eigenvalue weighted by atomic mass is 10.2. The van der Waals surface area contributed by atoms with Crippen LogP contribution in [0.2, 0.25) is 0 Å². The number of ether oxygens (including phenoxy) is 1. The molecule has 160 valence electrons. The lowest BCUT2D eigenvalue weighted by Gasteiger charge is -2.21. The van der Waals surface area contributed by atoms with Gasteiger partial charge in [0.15, 0.2) is 6.61 Å². The van der Waals surface area contributed by atoms with E-state index in [1.165, 1.54) is 17.9 Å². The standard InChI is InChI=1S/C21H20N4O5S/c1-15(23-20-17-10-5-6-11-18(17)31(28,29)24-20)21(27)30-14-19(26)25(13-7-12-22)16-8-3-2-4-9-16/h2-6,8-11,15H,7,13-14H2,1H3,(H,23,24)/t15-/m0/s1. The normalized spacial score (nSPS) is 15.9. The van der Waals surface area contributed by atoms with Gasteiger partial charge >= 0.3 is 5.97 Å². The fourth-order valence-electron chi connectivity index (χ4n) is 2.98. The van der Waals surface area contributed by atoms with Crippen molar-refractivity contribution in [2.24, 2.45) is 4.99 Å². The van der Waals surface area contributed by atoms with Crippen LogP contribution in [0.25, 0.3) is 0 Å². The van der Waals surface area contributed by atoms with Gasteiger partial charge in [0.1, 0.15) is 11.9 Å². The van der Waals surface area contributed by atoms with Crippen LogP contribution < -0.4 is 9.62 Å². The molecule has 1 amide bonds. The van der Waals surface area contributed by atoms with E-state index in [-0.39, 0.29) is 23.7 Å². The first kappa shape index (κ1) is 22.0. The minimum Gasteiger partial charge on any atom is -0.454 e. The topological polar surface area (TPSA) is 129 Å². The maximum absolute atomic E-state index is 12.6. The SMILES string of the molecule is C[C@H](N=C1NS(=O)(=O)c2ccccc21)C(=O)OCC(=O)N(CCC#N)c1ccccc1. The maximum Gasteiger partial charge on any atom is 0.331 e. The summed E-state index contributed by atoms with van der Waals surface area (Å²) < 4.78 is 31.7. The predicted octanol–water partition coefficient (Wildman–Crippen LogP) is 1.60. The zero-order valence-electron chi connectivity index (χ0n) is 16.7. The first-order valence-electron chi connectivity index (χ1n) is 9.42. The van der Waals surface area contributed by atoms with E-state index in [0.717, 1.165) is 0 Å². The minimum absolute atomic E-state index is 0.0475. The van der Waals surface area contributed by atoms with Gasteiger partial charge in [-0.1, -0.05) is 30.3 Å². The van der Waals surface area contributed by atoms with Crippen LogP contribution in [0, 0.1) is 11.3 Å². The fraction of sp³-hybridized carbons (Fsp3) is 0.238. The molecule has 0 spiro atoms. The summed E-state index contributed by atoms with van der Waals surface area (Å²) in [7, 11) is -3.72. The Bertz CT molecular complexity index is 1160. The lowest BCUT2D eigenvalue weighted by Crippen LogP contribution is -2.36. The number of benzene rings is 2. The number of carbonyl (C=O) groups excluding carboxylic acids is 2. The van der Waals surface area contributed by atoms with Crippen molar-refractivity contribution in [3.63, 3.8) is 0 Å². The maximum atomic E-state index is 12.6. The van der Waals surface area contributed by atoms with Crippen LogP contribution in [-0.2, 0) is 24.3 Å². The molecule has 0 aromatic heterocycles. The Kier molecular flexibility index (Phi) is 6.67.